The van der Waals surface area contributed by atoms with E-state index in [1.54, 1.807) is 12.1 Å². The van der Waals surface area contributed by atoms with E-state index in [-0.39, 0.29) is 23.1 Å². The Hall–Kier alpha value is -2.63. The van der Waals surface area contributed by atoms with E-state index < -0.39 is 5.97 Å². The van der Waals surface area contributed by atoms with E-state index in [0.717, 1.165) is 5.56 Å². The second kappa shape index (κ2) is 6.21. The molecule has 5 nitrogen and oxygen atoms in total. The normalized spacial score (nSPS) is 11.9. The van der Waals surface area contributed by atoms with Gasteiger partial charge in [0.15, 0.2) is 0 Å². The number of nitrogens with two attached hydrogens (primary N) is 1. The van der Waals surface area contributed by atoms with E-state index in [9.17, 15) is 9.18 Å². The predicted octanol–water partition coefficient (Wildman–Crippen LogP) is 2.54. The molecule has 0 saturated heterocycles. The molecule has 2 aromatic rings. The molecule has 0 amide bonds. The van der Waals surface area contributed by atoms with Gasteiger partial charge in [-0.2, -0.15) is 0 Å². The van der Waals surface area contributed by atoms with Crippen LogP contribution in [0, 0.1) is 5.82 Å². The summed E-state index contributed by atoms with van der Waals surface area (Å²) in [6.07, 6.45) is 1.98. The van der Waals surface area contributed by atoms with Crippen molar-refractivity contribution in [3.63, 3.8) is 0 Å². The van der Waals surface area contributed by atoms with Crippen molar-refractivity contribution in [2.45, 2.75) is 19.4 Å². The standard InChI is InChI=1S/C15H16FN3O2/c1-9(6-10-2-4-11(16)5-3-10)19-14-7-12(15(20)21)13(17)8-18-14/h2-5,7-9H,6,17H2,1H3,(H,18,19)(H,20,21). The molecule has 0 bridgehead atoms. The molecule has 6 heteroatoms. The molecule has 1 heterocycles. The topological polar surface area (TPSA) is 88.2 Å². The first-order valence-electron chi connectivity index (χ1n) is 6.45. The Bertz CT molecular complexity index is 644. The molecule has 0 spiro atoms. The number of aromatic nitrogens is 1. The van der Waals surface area contributed by atoms with E-state index in [1.165, 1.54) is 24.4 Å². The van der Waals surface area contributed by atoms with Crippen LogP contribution in [-0.2, 0) is 6.42 Å². The molecule has 1 unspecified atom stereocenters. The molecule has 4 N–H and O–H groups in total. The van der Waals surface area contributed by atoms with Gasteiger partial charge >= 0.3 is 5.97 Å². The molecule has 1 atom stereocenters. The van der Waals surface area contributed by atoms with E-state index in [2.05, 4.69) is 10.3 Å². The number of carbonyl (C=O) groups is 1. The number of halogens is 1. The summed E-state index contributed by atoms with van der Waals surface area (Å²) in [5, 5.41) is 12.1. The van der Waals surface area contributed by atoms with E-state index in [1.807, 2.05) is 6.92 Å². The lowest BCUT2D eigenvalue weighted by molar-refractivity contribution is 0.0698. The Morgan fingerprint density at radius 3 is 2.71 bits per heavy atom. The van der Waals surface area contributed by atoms with Crippen molar-refractivity contribution in [1.82, 2.24) is 4.98 Å². The van der Waals surface area contributed by atoms with Gasteiger partial charge in [-0.1, -0.05) is 12.1 Å². The molecule has 2 rings (SSSR count). The second-order valence-corrected chi connectivity index (χ2v) is 4.84. The number of benzene rings is 1. The number of rotatable bonds is 5. The lowest BCUT2D eigenvalue weighted by atomic mass is 10.1. The summed E-state index contributed by atoms with van der Waals surface area (Å²) in [7, 11) is 0. The van der Waals surface area contributed by atoms with Crippen LogP contribution in [0.5, 0.6) is 0 Å². The molecule has 0 aliphatic carbocycles. The SMILES string of the molecule is CC(Cc1ccc(F)cc1)Nc1cc(C(=O)O)c(N)cn1. The number of carboxylic acids is 1. The van der Waals surface area contributed by atoms with Crippen LogP contribution in [-0.4, -0.2) is 22.1 Å². The van der Waals surface area contributed by atoms with Gasteiger partial charge in [0.2, 0.25) is 0 Å². The molecule has 0 saturated carbocycles. The van der Waals surface area contributed by atoms with Crippen LogP contribution < -0.4 is 11.1 Å². The van der Waals surface area contributed by atoms with Crippen LogP contribution in [0.3, 0.4) is 0 Å². The van der Waals surface area contributed by atoms with E-state index in [0.29, 0.717) is 12.2 Å². The number of hydrogen-bond acceptors (Lipinski definition) is 4. The molecular weight excluding hydrogens is 273 g/mol. The number of nitrogens with zero attached hydrogens (tertiary/aromatic N) is 1. The number of pyridine rings is 1. The summed E-state index contributed by atoms with van der Waals surface area (Å²) >= 11 is 0. The molecule has 0 fully saturated rings. The van der Waals surface area contributed by atoms with Crippen molar-refractivity contribution in [2.24, 2.45) is 0 Å². The van der Waals surface area contributed by atoms with Crippen LogP contribution in [0.15, 0.2) is 36.5 Å². The van der Waals surface area contributed by atoms with Crippen LogP contribution in [0.4, 0.5) is 15.9 Å². The van der Waals surface area contributed by atoms with Gasteiger partial charge in [0.05, 0.1) is 17.4 Å². The Morgan fingerprint density at radius 2 is 2.10 bits per heavy atom. The van der Waals surface area contributed by atoms with Crippen molar-refractivity contribution >= 4 is 17.5 Å². The van der Waals surface area contributed by atoms with Gasteiger partial charge in [-0.25, -0.2) is 14.2 Å². The van der Waals surface area contributed by atoms with E-state index in [4.69, 9.17) is 10.8 Å². The molecule has 1 aromatic carbocycles. The van der Waals surface area contributed by atoms with Gasteiger partial charge in [-0.3, -0.25) is 0 Å². The molecular formula is C15H16FN3O2. The molecule has 1 aromatic heterocycles. The van der Waals surface area contributed by atoms with Gasteiger partial charge in [0, 0.05) is 6.04 Å². The zero-order chi connectivity index (χ0) is 15.4. The smallest absolute Gasteiger partial charge is 0.337 e. The Balaban J connectivity index is 2.05. The van der Waals surface area contributed by atoms with E-state index >= 15 is 0 Å². The predicted molar refractivity (Wildman–Crippen MR) is 78.8 cm³/mol. The Kier molecular flexibility index (Phi) is 4.37. The first-order valence-corrected chi connectivity index (χ1v) is 6.45. The van der Waals surface area contributed by atoms with Gasteiger partial charge in [0.25, 0.3) is 0 Å². The maximum atomic E-state index is 12.8. The van der Waals surface area contributed by atoms with Crippen LogP contribution >= 0.6 is 0 Å². The van der Waals surface area contributed by atoms with Gasteiger partial charge < -0.3 is 16.2 Å². The molecule has 0 radical (unpaired) electrons. The average molecular weight is 289 g/mol. The highest BCUT2D eigenvalue weighted by Gasteiger charge is 2.11. The minimum Gasteiger partial charge on any atom is -0.478 e. The van der Waals surface area contributed by atoms with Crippen molar-refractivity contribution in [1.29, 1.82) is 0 Å². The minimum absolute atomic E-state index is 0.00762. The number of nitrogens with one attached hydrogen (secondary N) is 1. The van der Waals surface area contributed by atoms with Crippen LogP contribution in [0.2, 0.25) is 0 Å². The number of aromatic carboxylic acids is 1. The second-order valence-electron chi connectivity index (χ2n) is 4.84. The molecule has 110 valence electrons. The highest BCUT2D eigenvalue weighted by Crippen LogP contribution is 2.16. The van der Waals surface area contributed by atoms with Gasteiger partial charge in [0.1, 0.15) is 11.6 Å². The highest BCUT2D eigenvalue weighted by atomic mass is 19.1. The molecule has 21 heavy (non-hydrogen) atoms. The third kappa shape index (κ3) is 3.92. The molecule has 0 aliphatic rings. The van der Waals surface area contributed by atoms with Crippen molar-refractivity contribution in [3.05, 3.63) is 53.5 Å². The lowest BCUT2D eigenvalue weighted by Crippen LogP contribution is -2.19. The monoisotopic (exact) mass is 289 g/mol. The third-order valence-corrected chi connectivity index (χ3v) is 3.01. The van der Waals surface area contributed by atoms with Gasteiger partial charge in [-0.05, 0) is 37.1 Å². The minimum atomic E-state index is -1.09. The first-order chi connectivity index (χ1) is 9.95. The largest absolute Gasteiger partial charge is 0.478 e. The fourth-order valence-electron chi connectivity index (χ4n) is 2.01. The number of nitrogen functional groups attached to an aromatic ring is 1. The summed E-state index contributed by atoms with van der Waals surface area (Å²) in [5.74, 6) is -0.925. The summed E-state index contributed by atoms with van der Waals surface area (Å²) < 4.78 is 12.8. The fourth-order valence-corrected chi connectivity index (χ4v) is 2.01. The maximum absolute atomic E-state index is 12.8. The highest BCUT2D eigenvalue weighted by molar-refractivity contribution is 5.94. The van der Waals surface area contributed by atoms with Gasteiger partial charge in [-0.15, -0.1) is 0 Å². The fraction of sp³-hybridized carbons (Fsp3) is 0.200. The Morgan fingerprint density at radius 1 is 1.43 bits per heavy atom. The van der Waals surface area contributed by atoms with Crippen molar-refractivity contribution in [2.75, 3.05) is 11.1 Å². The van der Waals surface area contributed by atoms with Crippen molar-refractivity contribution in [3.8, 4) is 0 Å². The Labute approximate surface area is 121 Å². The average Bonchev–Trinajstić information content (AvgIpc) is 2.43. The maximum Gasteiger partial charge on any atom is 0.337 e. The quantitative estimate of drug-likeness (QED) is 0.787. The zero-order valence-corrected chi connectivity index (χ0v) is 11.5. The summed E-state index contributed by atoms with van der Waals surface area (Å²) in [5.41, 5.74) is 6.67. The zero-order valence-electron chi connectivity index (χ0n) is 11.5. The summed E-state index contributed by atoms with van der Waals surface area (Å²) in [6, 6.07) is 7.66. The third-order valence-electron chi connectivity index (χ3n) is 3.01. The number of hydrogen-bond donors (Lipinski definition) is 3. The number of carboxylic acid groups (broad SMARTS) is 1. The van der Waals surface area contributed by atoms with Crippen molar-refractivity contribution < 1.29 is 14.3 Å². The number of anilines is 2. The summed E-state index contributed by atoms with van der Waals surface area (Å²) in [4.78, 5) is 15.1. The first kappa shape index (κ1) is 14.8. The summed E-state index contributed by atoms with van der Waals surface area (Å²) in [6.45, 7) is 1.93. The lowest BCUT2D eigenvalue weighted by Gasteiger charge is -2.15. The molecule has 0 aliphatic heterocycles. The van der Waals surface area contributed by atoms with Crippen LogP contribution in [0.1, 0.15) is 22.8 Å². The van der Waals surface area contributed by atoms with Crippen LogP contribution in [0.25, 0.3) is 0 Å².